The summed E-state index contributed by atoms with van der Waals surface area (Å²) in [4.78, 5) is 4.56. The molecule has 1 spiro atoms. The van der Waals surface area contributed by atoms with Gasteiger partial charge in [-0.25, -0.2) is 0 Å². The van der Waals surface area contributed by atoms with Crippen molar-refractivity contribution in [3.8, 4) is 0 Å². The first-order valence-corrected chi connectivity index (χ1v) is 6.85. The van der Waals surface area contributed by atoms with E-state index in [9.17, 15) is 0 Å². The summed E-state index contributed by atoms with van der Waals surface area (Å²) in [5.74, 6) is 1.14. The molecule has 2 aliphatic heterocycles. The van der Waals surface area contributed by atoms with Crippen molar-refractivity contribution >= 4 is 16.9 Å². The summed E-state index contributed by atoms with van der Waals surface area (Å²) in [6.45, 7) is 3.41. The number of nitrogens with one attached hydrogen (secondary N) is 1. The number of amidine groups is 1. The first kappa shape index (κ1) is 12.2. The number of thioether (sulfide) groups is 1. The third-order valence-electron chi connectivity index (χ3n) is 3.07. The zero-order valence-corrected chi connectivity index (χ0v) is 10.6. The molecule has 0 aromatic rings. The Kier molecular flexibility index (Phi) is 4.49. The summed E-state index contributed by atoms with van der Waals surface area (Å²) < 4.78 is 10.4. The van der Waals surface area contributed by atoms with Crippen molar-refractivity contribution in [2.45, 2.75) is 24.8 Å². The summed E-state index contributed by atoms with van der Waals surface area (Å²) in [5, 5.41) is 4.68. The summed E-state index contributed by atoms with van der Waals surface area (Å²) in [6, 6.07) is 0. The maximum atomic E-state index is 5.40. The van der Waals surface area contributed by atoms with Crippen LogP contribution >= 0.6 is 11.8 Å². The minimum atomic E-state index is 0.267. The Balaban J connectivity index is 1.77. The Hall–Kier alpha value is -0.260. The molecular formula is C11H20N2O2S. The van der Waals surface area contributed by atoms with Gasteiger partial charge in [-0.05, 0) is 19.3 Å². The lowest BCUT2D eigenvalue weighted by atomic mass is 9.93. The van der Waals surface area contributed by atoms with E-state index in [1.165, 1.54) is 0 Å². The number of rotatable bonds is 4. The molecule has 0 unspecified atom stereocenters. The molecule has 0 aromatic carbocycles. The molecule has 16 heavy (non-hydrogen) atoms. The van der Waals surface area contributed by atoms with Crippen LogP contribution in [-0.2, 0) is 9.47 Å². The van der Waals surface area contributed by atoms with Crippen molar-refractivity contribution in [2.75, 3.05) is 39.2 Å². The molecule has 92 valence electrons. The average molecular weight is 244 g/mol. The Morgan fingerprint density at radius 2 is 2.31 bits per heavy atom. The predicted molar refractivity (Wildman–Crippen MR) is 67.2 cm³/mol. The second-order valence-corrected chi connectivity index (χ2v) is 5.30. The molecule has 2 rings (SSSR count). The Morgan fingerprint density at radius 1 is 1.50 bits per heavy atom. The molecule has 0 radical (unpaired) electrons. The van der Waals surface area contributed by atoms with Crippen molar-refractivity contribution in [1.82, 2.24) is 5.32 Å². The van der Waals surface area contributed by atoms with Crippen LogP contribution in [0, 0.1) is 0 Å². The molecular weight excluding hydrogens is 224 g/mol. The maximum Gasteiger partial charge on any atom is 0.157 e. The quantitative estimate of drug-likeness (QED) is 0.756. The largest absolute Gasteiger partial charge is 0.385 e. The Labute approximate surface area is 101 Å². The number of ether oxygens (including phenoxy) is 2. The summed E-state index contributed by atoms with van der Waals surface area (Å²) in [5.41, 5.74) is 0.267. The fraction of sp³-hybridized carbons (Fsp3) is 0.909. The minimum Gasteiger partial charge on any atom is -0.385 e. The number of aliphatic imine (C=N–C) groups is 1. The number of nitrogens with zero attached hydrogens (tertiary/aromatic N) is 1. The van der Waals surface area contributed by atoms with Crippen LogP contribution in [0.25, 0.3) is 0 Å². The van der Waals surface area contributed by atoms with Crippen molar-refractivity contribution in [2.24, 2.45) is 4.99 Å². The fourth-order valence-corrected chi connectivity index (χ4v) is 3.26. The van der Waals surface area contributed by atoms with Crippen LogP contribution in [-0.4, -0.2) is 49.9 Å². The summed E-state index contributed by atoms with van der Waals surface area (Å²) in [6.07, 6.45) is 3.21. The van der Waals surface area contributed by atoms with Gasteiger partial charge in [-0.2, -0.15) is 0 Å². The van der Waals surface area contributed by atoms with Crippen LogP contribution in [0.15, 0.2) is 4.99 Å². The minimum absolute atomic E-state index is 0.267. The van der Waals surface area contributed by atoms with E-state index in [-0.39, 0.29) is 5.54 Å². The summed E-state index contributed by atoms with van der Waals surface area (Å²) >= 11 is 1.85. The fourth-order valence-electron chi connectivity index (χ4n) is 2.01. The molecule has 2 saturated heterocycles. The molecule has 2 aliphatic rings. The van der Waals surface area contributed by atoms with E-state index in [1.807, 2.05) is 11.8 Å². The van der Waals surface area contributed by atoms with Gasteiger partial charge in [-0.1, -0.05) is 11.8 Å². The monoisotopic (exact) mass is 244 g/mol. The zero-order valence-electron chi connectivity index (χ0n) is 9.83. The molecule has 5 heteroatoms. The number of hydrogen-bond acceptors (Lipinski definition) is 4. The van der Waals surface area contributed by atoms with Gasteiger partial charge in [0.1, 0.15) is 0 Å². The predicted octanol–water partition coefficient (Wildman–Crippen LogP) is 1.26. The van der Waals surface area contributed by atoms with Crippen molar-refractivity contribution < 1.29 is 9.47 Å². The highest BCUT2D eigenvalue weighted by molar-refractivity contribution is 8.14. The van der Waals surface area contributed by atoms with Gasteiger partial charge in [0.05, 0.1) is 5.54 Å². The van der Waals surface area contributed by atoms with Gasteiger partial charge in [0.2, 0.25) is 0 Å². The number of hydrogen-bond donors (Lipinski definition) is 1. The van der Waals surface area contributed by atoms with E-state index in [0.29, 0.717) is 0 Å². The maximum absolute atomic E-state index is 5.40. The van der Waals surface area contributed by atoms with E-state index in [1.54, 1.807) is 7.11 Å². The van der Waals surface area contributed by atoms with E-state index >= 15 is 0 Å². The second-order valence-electron chi connectivity index (χ2n) is 4.34. The Morgan fingerprint density at radius 3 is 3.06 bits per heavy atom. The van der Waals surface area contributed by atoms with Crippen LogP contribution in [0.5, 0.6) is 0 Å². The standard InChI is InChI=1S/C11H20N2O2S/c1-14-6-2-5-12-10-13-11(9-16-10)3-7-15-8-4-11/h2-9H2,1H3,(H,12,13). The van der Waals surface area contributed by atoms with Gasteiger partial charge in [0, 0.05) is 39.2 Å². The lowest BCUT2D eigenvalue weighted by molar-refractivity contribution is 0.0555. The highest BCUT2D eigenvalue weighted by atomic mass is 32.2. The molecule has 0 amide bonds. The van der Waals surface area contributed by atoms with E-state index in [4.69, 9.17) is 9.47 Å². The normalized spacial score (nSPS) is 26.2. The van der Waals surface area contributed by atoms with Gasteiger partial charge in [0.15, 0.2) is 5.17 Å². The number of methoxy groups -OCH3 is 1. The highest BCUT2D eigenvalue weighted by Gasteiger charge is 2.38. The van der Waals surface area contributed by atoms with Crippen LogP contribution < -0.4 is 5.32 Å². The van der Waals surface area contributed by atoms with Crippen LogP contribution in [0.4, 0.5) is 0 Å². The smallest absolute Gasteiger partial charge is 0.157 e. The molecule has 4 nitrogen and oxygen atoms in total. The van der Waals surface area contributed by atoms with E-state index in [2.05, 4.69) is 10.3 Å². The average Bonchev–Trinajstić information content (AvgIpc) is 2.69. The third-order valence-corrected chi connectivity index (χ3v) is 4.27. The molecule has 0 atom stereocenters. The molecule has 0 aliphatic carbocycles. The molecule has 0 bridgehead atoms. The van der Waals surface area contributed by atoms with Crippen molar-refractivity contribution in [3.63, 3.8) is 0 Å². The lowest BCUT2D eigenvalue weighted by Gasteiger charge is -2.32. The topological polar surface area (TPSA) is 42.8 Å². The highest BCUT2D eigenvalue weighted by Crippen LogP contribution is 2.31. The molecule has 0 aromatic heterocycles. The van der Waals surface area contributed by atoms with Crippen molar-refractivity contribution in [1.29, 1.82) is 0 Å². The molecule has 1 N–H and O–H groups in total. The van der Waals surface area contributed by atoms with Gasteiger partial charge < -0.3 is 14.8 Å². The molecule has 0 saturated carbocycles. The Bertz CT molecular complexity index is 252. The lowest BCUT2D eigenvalue weighted by Crippen LogP contribution is -2.48. The summed E-state index contributed by atoms with van der Waals surface area (Å²) in [7, 11) is 1.73. The van der Waals surface area contributed by atoms with Gasteiger partial charge in [-0.3, -0.25) is 4.99 Å². The van der Waals surface area contributed by atoms with Crippen LogP contribution in [0.2, 0.25) is 0 Å². The van der Waals surface area contributed by atoms with Gasteiger partial charge in [-0.15, -0.1) is 0 Å². The van der Waals surface area contributed by atoms with Crippen LogP contribution in [0.3, 0.4) is 0 Å². The first-order chi connectivity index (χ1) is 7.85. The van der Waals surface area contributed by atoms with E-state index < -0.39 is 0 Å². The zero-order chi connectivity index (χ0) is 11.3. The van der Waals surface area contributed by atoms with E-state index in [0.717, 1.165) is 56.5 Å². The van der Waals surface area contributed by atoms with Gasteiger partial charge in [0.25, 0.3) is 0 Å². The van der Waals surface area contributed by atoms with Crippen molar-refractivity contribution in [3.05, 3.63) is 0 Å². The third kappa shape index (κ3) is 3.12. The van der Waals surface area contributed by atoms with Gasteiger partial charge >= 0.3 is 0 Å². The second kappa shape index (κ2) is 5.89. The SMILES string of the molecule is COCCCN=C1NC2(CCOCC2)CS1. The van der Waals surface area contributed by atoms with Crippen LogP contribution in [0.1, 0.15) is 19.3 Å². The molecule has 2 fully saturated rings. The first-order valence-electron chi connectivity index (χ1n) is 5.87. The molecule has 2 heterocycles.